The molecule has 2 N–H and O–H groups in total. The highest BCUT2D eigenvalue weighted by molar-refractivity contribution is 6.02. The topological polar surface area (TPSA) is 53.2 Å². The van der Waals surface area contributed by atoms with Crippen LogP contribution in [-0.2, 0) is 11.3 Å². The number of hydrogen-bond donors (Lipinski definition) is 2. The predicted molar refractivity (Wildman–Crippen MR) is 80.9 cm³/mol. The molecule has 3 rings (SSSR count). The molecule has 0 saturated heterocycles. The van der Waals surface area contributed by atoms with Crippen LogP contribution >= 0.6 is 0 Å². The first-order valence-electron chi connectivity index (χ1n) is 6.68. The van der Waals surface area contributed by atoms with Gasteiger partial charge in [-0.05, 0) is 29.7 Å². The number of aromatic hydroxyl groups is 1. The normalized spacial score (nSPS) is 10.0. The Balaban J connectivity index is 0.00000176. The quantitative estimate of drug-likeness (QED) is 0.639. The summed E-state index contributed by atoms with van der Waals surface area (Å²) in [6.07, 6.45) is 3.70. The molecule has 0 aliphatic heterocycles. The van der Waals surface area contributed by atoms with Gasteiger partial charge in [-0.3, -0.25) is 4.79 Å². The first kappa shape index (κ1) is 15.8. The van der Waals surface area contributed by atoms with E-state index in [0.717, 1.165) is 16.5 Å². The van der Waals surface area contributed by atoms with Crippen molar-refractivity contribution in [2.24, 2.45) is 0 Å². The lowest BCUT2D eigenvalue weighted by Crippen LogP contribution is -3.00. The summed E-state index contributed by atoms with van der Waals surface area (Å²) in [4.78, 5) is 12.1. The molecule has 112 valence electrons. The minimum absolute atomic E-state index is 0. The van der Waals surface area contributed by atoms with E-state index >= 15 is 0 Å². The lowest BCUT2D eigenvalue weighted by molar-refractivity contribution is -0.684. The fraction of sp³-hybridized carbons (Fsp3) is 0.0588. The third-order valence-electron chi connectivity index (χ3n) is 3.24. The van der Waals surface area contributed by atoms with E-state index in [0.29, 0.717) is 0 Å². The number of aromatic nitrogens is 1. The lowest BCUT2D eigenvalue weighted by Gasteiger charge is -2.07. The summed E-state index contributed by atoms with van der Waals surface area (Å²) in [6.45, 7) is 0.259. The lowest BCUT2D eigenvalue weighted by atomic mass is 10.1. The molecule has 0 unspecified atom stereocenters. The number of nitrogens with zero attached hydrogens (tertiary/aromatic N) is 1. The van der Waals surface area contributed by atoms with Gasteiger partial charge >= 0.3 is 0 Å². The zero-order chi connectivity index (χ0) is 14.7. The monoisotopic (exact) mass is 314 g/mol. The highest BCUT2D eigenvalue weighted by atomic mass is 35.5. The fourth-order valence-corrected chi connectivity index (χ4v) is 2.28. The molecule has 0 bridgehead atoms. The predicted octanol–water partition coefficient (Wildman–Crippen LogP) is -0.524. The van der Waals surface area contributed by atoms with Gasteiger partial charge in [-0.25, -0.2) is 0 Å². The summed E-state index contributed by atoms with van der Waals surface area (Å²) in [6, 6.07) is 16.4. The van der Waals surface area contributed by atoms with E-state index in [1.165, 1.54) is 0 Å². The molecule has 1 aromatic heterocycles. The molecule has 4 nitrogen and oxygen atoms in total. The Morgan fingerprint density at radius 3 is 2.59 bits per heavy atom. The molecule has 0 fully saturated rings. The van der Waals surface area contributed by atoms with E-state index in [9.17, 15) is 9.90 Å². The van der Waals surface area contributed by atoms with Crippen molar-refractivity contribution in [3.8, 4) is 5.75 Å². The van der Waals surface area contributed by atoms with E-state index in [1.807, 2.05) is 53.4 Å². The number of hydrogen-bond acceptors (Lipinski definition) is 2. The molecule has 3 aromatic rings. The Morgan fingerprint density at radius 1 is 1.05 bits per heavy atom. The third-order valence-corrected chi connectivity index (χ3v) is 3.24. The minimum atomic E-state index is -0.0909. The van der Waals surface area contributed by atoms with Crippen LogP contribution in [-0.4, -0.2) is 11.0 Å². The summed E-state index contributed by atoms with van der Waals surface area (Å²) in [5.74, 6) is 0.123. The van der Waals surface area contributed by atoms with Gasteiger partial charge in [0.05, 0.1) is 0 Å². The molecular weight excluding hydrogens is 300 g/mol. The Labute approximate surface area is 134 Å². The number of rotatable bonds is 3. The van der Waals surface area contributed by atoms with Crippen LogP contribution in [0.4, 0.5) is 5.69 Å². The van der Waals surface area contributed by atoms with Crippen molar-refractivity contribution in [2.75, 3.05) is 5.32 Å². The molecular formula is C17H15ClN2O2. The molecule has 0 saturated carbocycles. The number of carbonyl (C=O) groups is 1. The van der Waals surface area contributed by atoms with Crippen LogP contribution in [0.5, 0.6) is 5.75 Å². The number of halogens is 1. The Morgan fingerprint density at radius 2 is 1.82 bits per heavy atom. The average Bonchev–Trinajstić information content (AvgIpc) is 2.48. The van der Waals surface area contributed by atoms with Gasteiger partial charge in [0.1, 0.15) is 5.75 Å². The maximum absolute atomic E-state index is 12.1. The van der Waals surface area contributed by atoms with Gasteiger partial charge < -0.3 is 22.8 Å². The van der Waals surface area contributed by atoms with Gasteiger partial charge in [0.25, 0.3) is 5.91 Å². The van der Waals surface area contributed by atoms with Crippen molar-refractivity contribution < 1.29 is 26.9 Å². The van der Waals surface area contributed by atoms with Gasteiger partial charge in [-0.2, -0.15) is 4.57 Å². The zero-order valence-corrected chi connectivity index (χ0v) is 12.5. The Bertz CT molecular complexity index is 791. The van der Waals surface area contributed by atoms with Crippen LogP contribution in [0.15, 0.2) is 67.0 Å². The molecule has 0 radical (unpaired) electrons. The van der Waals surface area contributed by atoms with E-state index in [1.54, 1.807) is 18.2 Å². The van der Waals surface area contributed by atoms with E-state index in [-0.39, 0.29) is 30.6 Å². The number of anilines is 1. The van der Waals surface area contributed by atoms with Crippen molar-refractivity contribution in [1.29, 1.82) is 0 Å². The maximum atomic E-state index is 12.1. The SMILES string of the molecule is O=C(C[n+]1ccccc1)Nc1cccc2cc(O)ccc12.[Cl-]. The summed E-state index contributed by atoms with van der Waals surface area (Å²) in [5, 5.41) is 14.2. The summed E-state index contributed by atoms with van der Waals surface area (Å²) >= 11 is 0. The molecule has 0 aliphatic carbocycles. The molecule has 0 atom stereocenters. The fourth-order valence-electron chi connectivity index (χ4n) is 2.28. The molecule has 0 aliphatic rings. The van der Waals surface area contributed by atoms with Crippen LogP contribution in [0.25, 0.3) is 10.8 Å². The van der Waals surface area contributed by atoms with Crippen LogP contribution in [0.3, 0.4) is 0 Å². The zero-order valence-electron chi connectivity index (χ0n) is 11.7. The number of fused-ring (bicyclic) bond motifs is 1. The van der Waals surface area contributed by atoms with Crippen molar-refractivity contribution in [3.05, 3.63) is 67.0 Å². The Hall–Kier alpha value is -2.59. The number of carbonyl (C=O) groups excluding carboxylic acids is 1. The van der Waals surface area contributed by atoms with Gasteiger partial charge in [0.15, 0.2) is 12.4 Å². The average molecular weight is 315 g/mol. The summed E-state index contributed by atoms with van der Waals surface area (Å²) < 4.78 is 1.81. The number of phenolic OH excluding ortho intramolecular Hbond substituents is 1. The number of nitrogens with one attached hydrogen (secondary N) is 1. The van der Waals surface area contributed by atoms with Gasteiger partial charge in [-0.15, -0.1) is 0 Å². The first-order valence-corrected chi connectivity index (χ1v) is 6.68. The van der Waals surface area contributed by atoms with Crippen LogP contribution in [0.1, 0.15) is 0 Å². The second-order valence-corrected chi connectivity index (χ2v) is 4.81. The maximum Gasteiger partial charge on any atom is 0.290 e. The number of pyridine rings is 1. The number of amides is 1. The van der Waals surface area contributed by atoms with Crippen molar-refractivity contribution in [3.63, 3.8) is 0 Å². The summed E-state index contributed by atoms with van der Waals surface area (Å²) in [7, 11) is 0. The number of phenols is 1. The molecule has 2 aromatic carbocycles. The third kappa shape index (κ3) is 3.54. The molecule has 22 heavy (non-hydrogen) atoms. The standard InChI is InChI=1S/C17H14N2O2.ClH/c20-14-7-8-15-13(11-14)5-4-6-16(15)18-17(21)12-19-9-2-1-3-10-19;/h1-11H,12H2,(H-,18,20,21);1H. The minimum Gasteiger partial charge on any atom is -1.00 e. The first-order chi connectivity index (χ1) is 10.2. The second kappa shape index (κ2) is 6.91. The van der Waals surface area contributed by atoms with Crippen molar-refractivity contribution >= 4 is 22.4 Å². The molecule has 0 spiro atoms. The molecule has 1 amide bonds. The molecule has 5 heteroatoms. The second-order valence-electron chi connectivity index (χ2n) is 4.81. The highest BCUT2D eigenvalue weighted by Crippen LogP contribution is 2.26. The van der Waals surface area contributed by atoms with E-state index < -0.39 is 0 Å². The van der Waals surface area contributed by atoms with E-state index in [2.05, 4.69) is 5.32 Å². The number of benzene rings is 2. The highest BCUT2D eigenvalue weighted by Gasteiger charge is 2.10. The van der Waals surface area contributed by atoms with Gasteiger partial charge in [0.2, 0.25) is 6.54 Å². The van der Waals surface area contributed by atoms with Crippen molar-refractivity contribution in [2.45, 2.75) is 6.54 Å². The van der Waals surface area contributed by atoms with E-state index in [4.69, 9.17) is 0 Å². The largest absolute Gasteiger partial charge is 1.00 e. The molecule has 1 heterocycles. The Kier molecular flexibility index (Phi) is 4.96. The smallest absolute Gasteiger partial charge is 0.290 e. The van der Waals surface area contributed by atoms with Gasteiger partial charge in [-0.1, -0.05) is 18.2 Å². The van der Waals surface area contributed by atoms with Crippen LogP contribution < -0.4 is 22.3 Å². The van der Waals surface area contributed by atoms with Gasteiger partial charge in [0, 0.05) is 23.2 Å². The van der Waals surface area contributed by atoms with Crippen LogP contribution in [0.2, 0.25) is 0 Å². The summed E-state index contributed by atoms with van der Waals surface area (Å²) in [5.41, 5.74) is 0.744. The van der Waals surface area contributed by atoms with Crippen molar-refractivity contribution in [1.82, 2.24) is 0 Å². The van der Waals surface area contributed by atoms with Crippen LogP contribution in [0, 0.1) is 0 Å².